The number of nitrogens with two attached hydrogens (primary N) is 1. The highest BCUT2D eigenvalue weighted by atomic mass is 16.2. The number of amides is 2. The number of benzene rings is 1. The molecule has 27 heavy (non-hydrogen) atoms. The average molecular weight is 365 g/mol. The van der Waals surface area contributed by atoms with Gasteiger partial charge < -0.3 is 20.9 Å². The number of hydrogen-bond acceptors (Lipinski definition) is 5. The van der Waals surface area contributed by atoms with E-state index in [9.17, 15) is 9.59 Å². The second-order valence-corrected chi connectivity index (χ2v) is 6.96. The van der Waals surface area contributed by atoms with Crippen molar-refractivity contribution in [1.29, 1.82) is 0 Å². The first-order valence-corrected chi connectivity index (χ1v) is 9.22. The molecule has 140 valence electrons. The molecular formula is C20H23N5O2. The Morgan fingerprint density at radius 2 is 1.78 bits per heavy atom. The van der Waals surface area contributed by atoms with Gasteiger partial charge in [0.25, 0.3) is 5.91 Å². The second-order valence-electron chi connectivity index (χ2n) is 6.96. The van der Waals surface area contributed by atoms with Crippen molar-refractivity contribution < 1.29 is 9.59 Å². The molecule has 1 aromatic heterocycles. The summed E-state index contributed by atoms with van der Waals surface area (Å²) in [6.07, 6.45) is 2.38. The monoisotopic (exact) mass is 365 g/mol. The summed E-state index contributed by atoms with van der Waals surface area (Å²) in [5.74, 6) is 0.254. The highest BCUT2D eigenvalue weighted by molar-refractivity contribution is 5.97. The van der Waals surface area contributed by atoms with Crippen LogP contribution in [-0.2, 0) is 17.8 Å². The zero-order valence-corrected chi connectivity index (χ0v) is 15.1. The molecule has 4 rings (SSSR count). The number of rotatable bonds is 3. The highest BCUT2D eigenvalue weighted by Gasteiger charge is 2.30. The van der Waals surface area contributed by atoms with Crippen molar-refractivity contribution in [2.24, 2.45) is 5.73 Å². The summed E-state index contributed by atoms with van der Waals surface area (Å²) in [7, 11) is 0. The van der Waals surface area contributed by atoms with E-state index in [0.29, 0.717) is 37.6 Å². The SMILES string of the molecule is NC(=O)c1cccnc1N1CCN(C(=O)C2Cc3ccccc3CN2)CC1. The van der Waals surface area contributed by atoms with Gasteiger partial charge in [-0.1, -0.05) is 24.3 Å². The summed E-state index contributed by atoms with van der Waals surface area (Å²) in [6, 6.07) is 11.5. The molecule has 0 spiro atoms. The molecule has 2 aliphatic heterocycles. The Kier molecular flexibility index (Phi) is 4.77. The number of pyridine rings is 1. The molecule has 3 N–H and O–H groups in total. The van der Waals surface area contributed by atoms with E-state index in [1.807, 2.05) is 21.9 Å². The summed E-state index contributed by atoms with van der Waals surface area (Å²) in [5.41, 5.74) is 8.38. The van der Waals surface area contributed by atoms with Crippen molar-refractivity contribution in [2.45, 2.75) is 19.0 Å². The van der Waals surface area contributed by atoms with Crippen LogP contribution in [0.4, 0.5) is 5.82 Å². The van der Waals surface area contributed by atoms with E-state index in [4.69, 9.17) is 5.73 Å². The van der Waals surface area contributed by atoms with Gasteiger partial charge in [-0.15, -0.1) is 0 Å². The minimum absolute atomic E-state index is 0.139. The maximum atomic E-state index is 12.9. The summed E-state index contributed by atoms with van der Waals surface area (Å²) in [4.78, 5) is 32.8. The number of primary amides is 1. The van der Waals surface area contributed by atoms with Gasteiger partial charge in [-0.05, 0) is 29.7 Å². The largest absolute Gasteiger partial charge is 0.365 e. The molecule has 0 aliphatic carbocycles. The lowest BCUT2D eigenvalue weighted by atomic mass is 9.95. The van der Waals surface area contributed by atoms with Gasteiger partial charge in [0, 0.05) is 38.9 Å². The van der Waals surface area contributed by atoms with Gasteiger partial charge >= 0.3 is 0 Å². The van der Waals surface area contributed by atoms with Crippen LogP contribution in [0.15, 0.2) is 42.6 Å². The average Bonchev–Trinajstić information content (AvgIpc) is 2.73. The Balaban J connectivity index is 1.40. The number of hydrogen-bond donors (Lipinski definition) is 2. The molecule has 2 aromatic rings. The number of carbonyl (C=O) groups is 2. The lowest BCUT2D eigenvalue weighted by Crippen LogP contribution is -2.55. The molecule has 0 radical (unpaired) electrons. The Morgan fingerprint density at radius 1 is 1.04 bits per heavy atom. The van der Waals surface area contributed by atoms with Crippen LogP contribution in [0.1, 0.15) is 21.5 Å². The van der Waals surface area contributed by atoms with Crippen LogP contribution in [0, 0.1) is 0 Å². The van der Waals surface area contributed by atoms with Gasteiger partial charge in [0.1, 0.15) is 5.82 Å². The summed E-state index contributed by atoms with van der Waals surface area (Å²) >= 11 is 0. The third kappa shape index (κ3) is 3.50. The normalized spacial score (nSPS) is 19.5. The molecule has 1 unspecified atom stereocenters. The van der Waals surface area contributed by atoms with Gasteiger partial charge in [0.2, 0.25) is 5.91 Å². The van der Waals surface area contributed by atoms with E-state index in [2.05, 4.69) is 22.4 Å². The standard InChI is InChI=1S/C20H23N5O2/c21-18(26)16-6-3-7-22-19(16)24-8-10-25(11-9-24)20(27)17-12-14-4-1-2-5-15(14)13-23-17/h1-7,17,23H,8-13H2,(H2,21,26). The first kappa shape index (κ1) is 17.5. The smallest absolute Gasteiger partial charge is 0.252 e. The van der Waals surface area contributed by atoms with Gasteiger partial charge in [-0.25, -0.2) is 4.98 Å². The fraction of sp³-hybridized carbons (Fsp3) is 0.350. The molecule has 0 bridgehead atoms. The molecule has 7 heteroatoms. The summed E-state index contributed by atoms with van der Waals surface area (Å²) in [6.45, 7) is 3.20. The zero-order chi connectivity index (χ0) is 18.8. The van der Waals surface area contributed by atoms with Crippen LogP contribution < -0.4 is 16.0 Å². The number of fused-ring (bicyclic) bond motifs is 1. The Hall–Kier alpha value is -2.93. The Bertz CT molecular complexity index is 861. The van der Waals surface area contributed by atoms with Crippen molar-refractivity contribution in [1.82, 2.24) is 15.2 Å². The van der Waals surface area contributed by atoms with Gasteiger partial charge in [-0.2, -0.15) is 0 Å². The molecule has 2 aliphatic rings. The van der Waals surface area contributed by atoms with Crippen LogP contribution in [0.2, 0.25) is 0 Å². The van der Waals surface area contributed by atoms with E-state index in [1.54, 1.807) is 18.3 Å². The van der Waals surface area contributed by atoms with E-state index in [0.717, 1.165) is 13.0 Å². The predicted molar refractivity (Wildman–Crippen MR) is 102 cm³/mol. The van der Waals surface area contributed by atoms with E-state index < -0.39 is 5.91 Å². The molecule has 1 atom stereocenters. The molecule has 3 heterocycles. The topological polar surface area (TPSA) is 91.6 Å². The molecule has 1 saturated heterocycles. The summed E-state index contributed by atoms with van der Waals surface area (Å²) in [5, 5.41) is 3.36. The molecule has 7 nitrogen and oxygen atoms in total. The first-order valence-electron chi connectivity index (χ1n) is 9.22. The molecule has 0 saturated carbocycles. The third-order valence-corrected chi connectivity index (χ3v) is 5.32. The molecule has 1 fully saturated rings. The quantitative estimate of drug-likeness (QED) is 0.829. The zero-order valence-electron chi connectivity index (χ0n) is 15.1. The fourth-order valence-corrected chi connectivity index (χ4v) is 3.83. The minimum Gasteiger partial charge on any atom is -0.365 e. The van der Waals surface area contributed by atoms with Crippen LogP contribution in [-0.4, -0.2) is 53.9 Å². The number of piperazine rings is 1. The fourth-order valence-electron chi connectivity index (χ4n) is 3.83. The van der Waals surface area contributed by atoms with E-state index >= 15 is 0 Å². The Labute approximate surface area is 158 Å². The van der Waals surface area contributed by atoms with Gasteiger partial charge in [0.15, 0.2) is 0 Å². The predicted octanol–water partition coefficient (Wildman–Crippen LogP) is 0.544. The number of anilines is 1. The van der Waals surface area contributed by atoms with Gasteiger partial charge in [0.05, 0.1) is 11.6 Å². The highest BCUT2D eigenvalue weighted by Crippen LogP contribution is 2.21. The maximum Gasteiger partial charge on any atom is 0.252 e. The van der Waals surface area contributed by atoms with Crippen molar-refractivity contribution >= 4 is 17.6 Å². The number of carbonyl (C=O) groups excluding carboxylic acids is 2. The van der Waals surface area contributed by atoms with E-state index in [-0.39, 0.29) is 11.9 Å². The van der Waals surface area contributed by atoms with Crippen molar-refractivity contribution in [3.63, 3.8) is 0 Å². The lowest BCUT2D eigenvalue weighted by Gasteiger charge is -2.38. The van der Waals surface area contributed by atoms with Gasteiger partial charge in [-0.3, -0.25) is 9.59 Å². The molecule has 2 amide bonds. The number of nitrogens with zero attached hydrogens (tertiary/aromatic N) is 3. The minimum atomic E-state index is -0.485. The second kappa shape index (κ2) is 7.36. The first-order chi connectivity index (χ1) is 13.1. The number of nitrogens with one attached hydrogen (secondary N) is 1. The van der Waals surface area contributed by atoms with Crippen molar-refractivity contribution in [3.8, 4) is 0 Å². The van der Waals surface area contributed by atoms with Crippen molar-refractivity contribution in [2.75, 3.05) is 31.1 Å². The van der Waals surface area contributed by atoms with Crippen molar-refractivity contribution in [3.05, 3.63) is 59.3 Å². The third-order valence-electron chi connectivity index (χ3n) is 5.32. The molecule has 1 aromatic carbocycles. The lowest BCUT2D eigenvalue weighted by molar-refractivity contribution is -0.134. The van der Waals surface area contributed by atoms with Crippen LogP contribution in [0.5, 0.6) is 0 Å². The van der Waals surface area contributed by atoms with Crippen LogP contribution >= 0.6 is 0 Å². The maximum absolute atomic E-state index is 12.9. The Morgan fingerprint density at radius 3 is 2.52 bits per heavy atom. The van der Waals surface area contributed by atoms with Crippen LogP contribution in [0.3, 0.4) is 0 Å². The van der Waals surface area contributed by atoms with Crippen LogP contribution in [0.25, 0.3) is 0 Å². The summed E-state index contributed by atoms with van der Waals surface area (Å²) < 4.78 is 0. The number of aromatic nitrogens is 1. The molecular weight excluding hydrogens is 342 g/mol. The van der Waals surface area contributed by atoms with E-state index in [1.165, 1.54) is 11.1 Å².